The van der Waals surface area contributed by atoms with Crippen molar-refractivity contribution in [3.8, 4) is 5.75 Å². The van der Waals surface area contributed by atoms with E-state index in [0.717, 1.165) is 18.9 Å². The molecule has 1 aliphatic heterocycles. The second kappa shape index (κ2) is 8.40. The molecule has 1 unspecified atom stereocenters. The Morgan fingerprint density at radius 3 is 2.52 bits per heavy atom. The van der Waals surface area contributed by atoms with Crippen LogP contribution in [0.5, 0.6) is 5.75 Å². The van der Waals surface area contributed by atoms with Crippen molar-refractivity contribution in [3.63, 3.8) is 0 Å². The van der Waals surface area contributed by atoms with Gasteiger partial charge in [0, 0.05) is 18.2 Å². The molecular weight excluding hydrogens is 260 g/mol. The van der Waals surface area contributed by atoms with Crippen LogP contribution in [-0.4, -0.2) is 31.6 Å². The molecule has 1 aromatic carbocycles. The Labute approximate surface area is 129 Å². The third-order valence-corrected chi connectivity index (χ3v) is 4.41. The SMILES string of the molecule is CCOc1ccc(C(C)NC)cc1CN1CCCCCC1. The predicted octanol–water partition coefficient (Wildman–Crippen LogP) is 3.74. The Kier molecular flexibility index (Phi) is 6.52. The van der Waals surface area contributed by atoms with E-state index in [2.05, 4.69) is 42.3 Å². The van der Waals surface area contributed by atoms with Gasteiger partial charge in [0.25, 0.3) is 0 Å². The number of likely N-dealkylation sites (tertiary alicyclic amines) is 1. The molecule has 0 spiro atoms. The Bertz CT molecular complexity index is 425. The summed E-state index contributed by atoms with van der Waals surface area (Å²) in [6, 6.07) is 7.01. The monoisotopic (exact) mass is 290 g/mol. The van der Waals surface area contributed by atoms with Gasteiger partial charge in [0.2, 0.25) is 0 Å². The van der Waals surface area contributed by atoms with Gasteiger partial charge in [-0.15, -0.1) is 0 Å². The van der Waals surface area contributed by atoms with E-state index >= 15 is 0 Å². The average Bonchev–Trinajstić information content (AvgIpc) is 2.77. The number of hydrogen-bond donors (Lipinski definition) is 1. The summed E-state index contributed by atoms with van der Waals surface area (Å²) in [5.74, 6) is 1.05. The fourth-order valence-corrected chi connectivity index (χ4v) is 2.99. The van der Waals surface area contributed by atoms with Crippen LogP contribution in [0.1, 0.15) is 56.7 Å². The molecule has 21 heavy (non-hydrogen) atoms. The zero-order valence-corrected chi connectivity index (χ0v) is 13.8. The third-order valence-electron chi connectivity index (χ3n) is 4.41. The summed E-state index contributed by atoms with van der Waals surface area (Å²) in [6.07, 6.45) is 5.42. The quantitative estimate of drug-likeness (QED) is 0.863. The molecule has 3 heteroatoms. The van der Waals surface area contributed by atoms with Crippen LogP contribution in [0, 0.1) is 0 Å². The fourth-order valence-electron chi connectivity index (χ4n) is 2.99. The van der Waals surface area contributed by atoms with Gasteiger partial charge in [-0.1, -0.05) is 18.9 Å². The molecule has 0 aliphatic carbocycles. The second-order valence-corrected chi connectivity index (χ2v) is 6.00. The van der Waals surface area contributed by atoms with Crippen LogP contribution in [0.2, 0.25) is 0 Å². The first-order chi connectivity index (χ1) is 10.2. The maximum absolute atomic E-state index is 5.83. The summed E-state index contributed by atoms with van der Waals surface area (Å²) in [6.45, 7) is 8.44. The lowest BCUT2D eigenvalue weighted by atomic mass is 10.0. The average molecular weight is 290 g/mol. The highest BCUT2D eigenvalue weighted by molar-refractivity contribution is 5.38. The highest BCUT2D eigenvalue weighted by Crippen LogP contribution is 2.26. The van der Waals surface area contributed by atoms with Crippen LogP contribution >= 0.6 is 0 Å². The van der Waals surface area contributed by atoms with Gasteiger partial charge in [-0.25, -0.2) is 0 Å². The largest absolute Gasteiger partial charge is 0.494 e. The van der Waals surface area contributed by atoms with Crippen molar-refractivity contribution in [2.24, 2.45) is 0 Å². The van der Waals surface area contributed by atoms with Gasteiger partial charge in [-0.05, 0) is 64.5 Å². The van der Waals surface area contributed by atoms with Gasteiger partial charge in [-0.2, -0.15) is 0 Å². The Balaban J connectivity index is 2.16. The molecule has 1 saturated heterocycles. The summed E-state index contributed by atoms with van der Waals surface area (Å²) < 4.78 is 5.83. The molecule has 1 aliphatic rings. The Morgan fingerprint density at radius 2 is 1.90 bits per heavy atom. The summed E-state index contributed by atoms with van der Waals surface area (Å²) in [4.78, 5) is 2.58. The lowest BCUT2D eigenvalue weighted by molar-refractivity contribution is 0.267. The zero-order valence-electron chi connectivity index (χ0n) is 13.8. The molecule has 118 valence electrons. The summed E-state index contributed by atoms with van der Waals surface area (Å²) in [5.41, 5.74) is 2.67. The summed E-state index contributed by atoms with van der Waals surface area (Å²) >= 11 is 0. The van der Waals surface area contributed by atoms with E-state index in [1.165, 1.54) is 49.9 Å². The van der Waals surface area contributed by atoms with E-state index in [0.29, 0.717) is 6.04 Å². The van der Waals surface area contributed by atoms with E-state index in [1.807, 2.05) is 7.05 Å². The van der Waals surface area contributed by atoms with Crippen molar-refractivity contribution in [2.45, 2.75) is 52.1 Å². The zero-order chi connectivity index (χ0) is 15.1. The number of benzene rings is 1. The molecule has 0 aromatic heterocycles. The normalized spacial score (nSPS) is 18.2. The molecule has 1 N–H and O–H groups in total. The first-order valence-electron chi connectivity index (χ1n) is 8.39. The summed E-state index contributed by atoms with van der Waals surface area (Å²) in [5, 5.41) is 3.32. The maximum Gasteiger partial charge on any atom is 0.123 e. The first-order valence-corrected chi connectivity index (χ1v) is 8.39. The van der Waals surface area contributed by atoms with Gasteiger partial charge in [-0.3, -0.25) is 4.90 Å². The standard InChI is InChI=1S/C18H30N2O/c1-4-21-18-10-9-16(15(2)19-3)13-17(18)14-20-11-7-5-6-8-12-20/h9-10,13,15,19H,4-8,11-12,14H2,1-3H3. The van der Waals surface area contributed by atoms with Crippen LogP contribution in [0.25, 0.3) is 0 Å². The van der Waals surface area contributed by atoms with E-state index < -0.39 is 0 Å². The smallest absolute Gasteiger partial charge is 0.123 e. The first kappa shape index (κ1) is 16.3. The number of hydrogen-bond acceptors (Lipinski definition) is 3. The van der Waals surface area contributed by atoms with E-state index in [9.17, 15) is 0 Å². The fraction of sp³-hybridized carbons (Fsp3) is 0.667. The van der Waals surface area contributed by atoms with Crippen LogP contribution in [0.3, 0.4) is 0 Å². The van der Waals surface area contributed by atoms with Gasteiger partial charge in [0.15, 0.2) is 0 Å². The van der Waals surface area contributed by atoms with Gasteiger partial charge < -0.3 is 10.1 Å². The van der Waals surface area contributed by atoms with E-state index in [1.54, 1.807) is 0 Å². The maximum atomic E-state index is 5.83. The van der Waals surface area contributed by atoms with Crippen LogP contribution in [0.4, 0.5) is 0 Å². The van der Waals surface area contributed by atoms with Crippen molar-refractivity contribution in [2.75, 3.05) is 26.7 Å². The minimum Gasteiger partial charge on any atom is -0.494 e. The number of nitrogens with one attached hydrogen (secondary N) is 1. The van der Waals surface area contributed by atoms with Crippen molar-refractivity contribution in [1.29, 1.82) is 0 Å². The number of nitrogens with zero attached hydrogens (tertiary/aromatic N) is 1. The van der Waals surface area contributed by atoms with E-state index in [-0.39, 0.29) is 0 Å². The molecule has 1 heterocycles. The Morgan fingerprint density at radius 1 is 1.19 bits per heavy atom. The van der Waals surface area contributed by atoms with Gasteiger partial charge >= 0.3 is 0 Å². The topological polar surface area (TPSA) is 24.5 Å². The molecular formula is C18H30N2O. The predicted molar refractivity (Wildman–Crippen MR) is 88.8 cm³/mol. The molecule has 2 rings (SSSR count). The van der Waals surface area contributed by atoms with E-state index in [4.69, 9.17) is 4.74 Å². The Hall–Kier alpha value is -1.06. The van der Waals surface area contributed by atoms with Gasteiger partial charge in [0.1, 0.15) is 5.75 Å². The lowest BCUT2D eigenvalue weighted by Crippen LogP contribution is -2.24. The third kappa shape index (κ3) is 4.72. The van der Waals surface area contributed by atoms with Crippen molar-refractivity contribution in [3.05, 3.63) is 29.3 Å². The number of rotatable bonds is 6. The minimum absolute atomic E-state index is 0.378. The van der Waals surface area contributed by atoms with Crippen molar-refractivity contribution >= 4 is 0 Å². The van der Waals surface area contributed by atoms with Crippen LogP contribution in [0.15, 0.2) is 18.2 Å². The van der Waals surface area contributed by atoms with Crippen molar-refractivity contribution < 1.29 is 4.74 Å². The van der Waals surface area contributed by atoms with Gasteiger partial charge in [0.05, 0.1) is 6.61 Å². The summed E-state index contributed by atoms with van der Waals surface area (Å²) in [7, 11) is 2.01. The molecule has 1 fully saturated rings. The number of ether oxygens (including phenoxy) is 1. The highest BCUT2D eigenvalue weighted by atomic mass is 16.5. The highest BCUT2D eigenvalue weighted by Gasteiger charge is 2.14. The molecule has 0 amide bonds. The lowest BCUT2D eigenvalue weighted by Gasteiger charge is -2.23. The molecule has 3 nitrogen and oxygen atoms in total. The minimum atomic E-state index is 0.378. The van der Waals surface area contributed by atoms with Crippen molar-refractivity contribution in [1.82, 2.24) is 10.2 Å². The molecule has 0 radical (unpaired) electrons. The molecule has 0 saturated carbocycles. The molecule has 0 bridgehead atoms. The molecule has 1 atom stereocenters. The van der Waals surface area contributed by atoms with Crippen LogP contribution < -0.4 is 10.1 Å². The second-order valence-electron chi connectivity index (χ2n) is 6.00. The van der Waals surface area contributed by atoms with Crippen LogP contribution in [-0.2, 0) is 6.54 Å². The molecule has 1 aromatic rings.